The van der Waals surface area contributed by atoms with Crippen LogP contribution in [-0.4, -0.2) is 28.1 Å². The van der Waals surface area contributed by atoms with Gasteiger partial charge in [0.1, 0.15) is 5.60 Å². The SMILES string of the molecule is CC(C)CCNc1nccc(C(=O)OC(C)(C)C)n1. The molecule has 0 radical (unpaired) electrons. The van der Waals surface area contributed by atoms with Crippen molar-refractivity contribution in [1.29, 1.82) is 0 Å². The van der Waals surface area contributed by atoms with Crippen LogP contribution in [0.2, 0.25) is 0 Å². The number of esters is 1. The second kappa shape index (κ2) is 6.50. The Hall–Kier alpha value is -1.65. The van der Waals surface area contributed by atoms with Crippen LogP contribution in [0.3, 0.4) is 0 Å². The summed E-state index contributed by atoms with van der Waals surface area (Å²) in [6.45, 7) is 10.6. The van der Waals surface area contributed by atoms with E-state index in [2.05, 4.69) is 29.1 Å². The van der Waals surface area contributed by atoms with Gasteiger partial charge in [0.15, 0.2) is 5.69 Å². The Balaban J connectivity index is 2.64. The molecule has 106 valence electrons. The molecule has 5 nitrogen and oxygen atoms in total. The molecule has 1 aromatic rings. The predicted octanol–water partition coefficient (Wildman–Crippen LogP) is 2.89. The fraction of sp³-hybridized carbons (Fsp3) is 0.643. The van der Waals surface area contributed by atoms with Gasteiger partial charge in [-0.05, 0) is 39.2 Å². The first kappa shape index (κ1) is 15.4. The summed E-state index contributed by atoms with van der Waals surface area (Å²) in [5.41, 5.74) is -0.246. The number of nitrogens with zero attached hydrogens (tertiary/aromatic N) is 2. The summed E-state index contributed by atoms with van der Waals surface area (Å²) in [4.78, 5) is 20.1. The molecule has 5 heteroatoms. The molecule has 19 heavy (non-hydrogen) atoms. The lowest BCUT2D eigenvalue weighted by atomic mass is 10.1. The number of rotatable bonds is 5. The van der Waals surface area contributed by atoms with Gasteiger partial charge in [0, 0.05) is 12.7 Å². The zero-order chi connectivity index (χ0) is 14.5. The fourth-order valence-electron chi connectivity index (χ4n) is 1.36. The molecule has 0 bridgehead atoms. The highest BCUT2D eigenvalue weighted by Gasteiger charge is 2.19. The molecule has 0 aliphatic carbocycles. The van der Waals surface area contributed by atoms with Crippen LogP contribution in [0.25, 0.3) is 0 Å². The number of nitrogens with one attached hydrogen (secondary N) is 1. The van der Waals surface area contributed by atoms with Gasteiger partial charge in [-0.1, -0.05) is 13.8 Å². The molecular weight excluding hydrogens is 242 g/mol. The highest BCUT2D eigenvalue weighted by molar-refractivity contribution is 5.87. The molecule has 0 aromatic carbocycles. The van der Waals surface area contributed by atoms with Gasteiger partial charge in [0.2, 0.25) is 5.95 Å². The number of carbonyl (C=O) groups excluding carboxylic acids is 1. The fourth-order valence-corrected chi connectivity index (χ4v) is 1.36. The van der Waals surface area contributed by atoms with Gasteiger partial charge in [-0.3, -0.25) is 0 Å². The maximum Gasteiger partial charge on any atom is 0.357 e. The average Bonchev–Trinajstić information content (AvgIpc) is 2.26. The third kappa shape index (κ3) is 6.18. The van der Waals surface area contributed by atoms with Crippen LogP contribution in [0.1, 0.15) is 51.5 Å². The first-order valence-corrected chi connectivity index (χ1v) is 6.58. The van der Waals surface area contributed by atoms with Crippen LogP contribution in [0.5, 0.6) is 0 Å². The Kier molecular flexibility index (Phi) is 5.27. The summed E-state index contributed by atoms with van der Waals surface area (Å²) in [5, 5.41) is 3.10. The number of anilines is 1. The second-order valence-electron chi connectivity index (χ2n) is 5.88. The molecule has 1 aromatic heterocycles. The van der Waals surface area contributed by atoms with E-state index >= 15 is 0 Å². The molecule has 0 fully saturated rings. The zero-order valence-corrected chi connectivity index (χ0v) is 12.4. The highest BCUT2D eigenvalue weighted by Crippen LogP contribution is 2.11. The summed E-state index contributed by atoms with van der Waals surface area (Å²) in [7, 11) is 0. The smallest absolute Gasteiger partial charge is 0.357 e. The number of ether oxygens (including phenoxy) is 1. The minimum absolute atomic E-state index is 0.275. The van der Waals surface area contributed by atoms with Crippen molar-refractivity contribution in [2.75, 3.05) is 11.9 Å². The van der Waals surface area contributed by atoms with E-state index in [4.69, 9.17) is 4.74 Å². The van der Waals surface area contributed by atoms with Crippen molar-refractivity contribution in [1.82, 2.24) is 9.97 Å². The topological polar surface area (TPSA) is 64.1 Å². The van der Waals surface area contributed by atoms with Crippen LogP contribution in [0.4, 0.5) is 5.95 Å². The Morgan fingerprint density at radius 1 is 1.42 bits per heavy atom. The largest absolute Gasteiger partial charge is 0.455 e. The third-order valence-corrected chi connectivity index (χ3v) is 2.27. The van der Waals surface area contributed by atoms with Crippen molar-refractivity contribution < 1.29 is 9.53 Å². The van der Waals surface area contributed by atoms with Crippen molar-refractivity contribution in [2.45, 2.75) is 46.6 Å². The Labute approximate surface area is 114 Å². The molecule has 0 unspecified atom stereocenters. The van der Waals surface area contributed by atoms with E-state index in [0.29, 0.717) is 11.9 Å². The van der Waals surface area contributed by atoms with Gasteiger partial charge >= 0.3 is 5.97 Å². The molecule has 0 saturated heterocycles. The van der Waals surface area contributed by atoms with Gasteiger partial charge in [0.05, 0.1) is 0 Å². The minimum atomic E-state index is -0.521. The first-order valence-electron chi connectivity index (χ1n) is 6.58. The van der Waals surface area contributed by atoms with Crippen LogP contribution in [0, 0.1) is 5.92 Å². The van der Waals surface area contributed by atoms with Gasteiger partial charge in [-0.25, -0.2) is 14.8 Å². The van der Waals surface area contributed by atoms with Crippen molar-refractivity contribution in [3.8, 4) is 0 Å². The van der Waals surface area contributed by atoms with Gasteiger partial charge in [0.25, 0.3) is 0 Å². The molecule has 0 aliphatic heterocycles. The summed E-state index contributed by atoms with van der Waals surface area (Å²) in [6.07, 6.45) is 2.59. The number of aromatic nitrogens is 2. The van der Waals surface area contributed by atoms with E-state index in [-0.39, 0.29) is 5.69 Å². The van der Waals surface area contributed by atoms with E-state index < -0.39 is 11.6 Å². The molecule has 1 N–H and O–H groups in total. The van der Waals surface area contributed by atoms with Crippen molar-refractivity contribution in [3.05, 3.63) is 18.0 Å². The zero-order valence-electron chi connectivity index (χ0n) is 12.4. The van der Waals surface area contributed by atoms with Gasteiger partial charge in [-0.15, -0.1) is 0 Å². The van der Waals surface area contributed by atoms with Crippen LogP contribution in [0.15, 0.2) is 12.3 Å². The van der Waals surface area contributed by atoms with Crippen molar-refractivity contribution >= 4 is 11.9 Å². The van der Waals surface area contributed by atoms with Gasteiger partial charge < -0.3 is 10.1 Å². The Bertz CT molecular complexity index is 425. The summed E-state index contributed by atoms with van der Waals surface area (Å²) in [6, 6.07) is 1.56. The van der Waals surface area contributed by atoms with Crippen molar-refractivity contribution in [2.24, 2.45) is 5.92 Å². The molecule has 0 amide bonds. The maximum absolute atomic E-state index is 11.9. The van der Waals surface area contributed by atoms with Crippen LogP contribution >= 0.6 is 0 Å². The van der Waals surface area contributed by atoms with E-state index in [1.165, 1.54) is 0 Å². The standard InChI is InChI=1S/C14H23N3O2/c1-10(2)6-8-15-13-16-9-7-11(17-13)12(18)19-14(3,4)5/h7,9-10H,6,8H2,1-5H3,(H,15,16,17). The number of hydrogen-bond acceptors (Lipinski definition) is 5. The maximum atomic E-state index is 11.9. The average molecular weight is 265 g/mol. The molecule has 1 heterocycles. The van der Waals surface area contributed by atoms with Crippen LogP contribution in [-0.2, 0) is 4.74 Å². The Morgan fingerprint density at radius 2 is 2.11 bits per heavy atom. The lowest BCUT2D eigenvalue weighted by molar-refractivity contribution is 0.00628. The summed E-state index contributed by atoms with van der Waals surface area (Å²) in [5.74, 6) is 0.646. The summed E-state index contributed by atoms with van der Waals surface area (Å²) < 4.78 is 5.26. The minimum Gasteiger partial charge on any atom is -0.455 e. The lowest BCUT2D eigenvalue weighted by Gasteiger charge is -2.19. The normalized spacial score (nSPS) is 11.5. The van der Waals surface area contributed by atoms with E-state index in [1.807, 2.05) is 20.8 Å². The van der Waals surface area contributed by atoms with Crippen molar-refractivity contribution in [3.63, 3.8) is 0 Å². The number of carbonyl (C=O) groups is 1. The molecule has 0 atom stereocenters. The Morgan fingerprint density at radius 3 is 2.68 bits per heavy atom. The molecule has 0 aliphatic rings. The molecular formula is C14H23N3O2. The summed E-state index contributed by atoms with van der Waals surface area (Å²) >= 11 is 0. The second-order valence-corrected chi connectivity index (χ2v) is 5.88. The van der Waals surface area contributed by atoms with Gasteiger partial charge in [-0.2, -0.15) is 0 Å². The third-order valence-electron chi connectivity index (χ3n) is 2.27. The lowest BCUT2D eigenvalue weighted by Crippen LogP contribution is -2.24. The van der Waals surface area contributed by atoms with E-state index in [9.17, 15) is 4.79 Å². The first-order chi connectivity index (χ1) is 8.78. The van der Waals surface area contributed by atoms with E-state index in [1.54, 1.807) is 12.3 Å². The highest BCUT2D eigenvalue weighted by atomic mass is 16.6. The van der Waals surface area contributed by atoms with E-state index in [0.717, 1.165) is 13.0 Å². The molecule has 1 rings (SSSR count). The predicted molar refractivity (Wildman–Crippen MR) is 75.1 cm³/mol. The molecule has 0 saturated carbocycles. The molecule has 0 spiro atoms. The number of hydrogen-bond donors (Lipinski definition) is 1. The van der Waals surface area contributed by atoms with Crippen LogP contribution < -0.4 is 5.32 Å². The quantitative estimate of drug-likeness (QED) is 0.829. The monoisotopic (exact) mass is 265 g/mol.